The second-order valence-corrected chi connectivity index (χ2v) is 17.4. The smallest absolute Gasteiger partial charge is 0.252 e. The van der Waals surface area contributed by atoms with E-state index in [1.807, 2.05) is 90.9 Å². The van der Waals surface area contributed by atoms with E-state index in [1.165, 1.54) is 18.4 Å². The summed E-state index contributed by atoms with van der Waals surface area (Å²) in [5.74, 6) is -1.81. The number of likely N-dealkylation sites (tertiary alicyclic amines) is 1. The molecule has 0 bridgehead atoms. The third-order valence-electron chi connectivity index (χ3n) is 10.9. The van der Waals surface area contributed by atoms with Gasteiger partial charge in [-0.05, 0) is 69.1 Å². The molecule has 8 atom stereocenters. The molecular formula is C45H80N6O7S. The summed E-state index contributed by atoms with van der Waals surface area (Å²) in [6.45, 7) is 18.4. The Morgan fingerprint density at radius 3 is 2.00 bits per heavy atom. The molecule has 13 nitrogen and oxygen atoms in total. The van der Waals surface area contributed by atoms with Crippen LogP contribution >= 0.6 is 11.9 Å². The number of nitrogens with zero attached hydrogens (tertiary/aromatic N) is 3. The van der Waals surface area contributed by atoms with Crippen molar-refractivity contribution in [2.45, 2.75) is 155 Å². The maximum absolute atomic E-state index is 14.1. The van der Waals surface area contributed by atoms with E-state index >= 15 is 0 Å². The zero-order chi connectivity index (χ0) is 44.8. The fraction of sp³-hybridized carbons (Fsp3) is 0.756. The Morgan fingerprint density at radius 1 is 0.881 bits per heavy atom. The summed E-state index contributed by atoms with van der Waals surface area (Å²) in [5, 5.41) is 6.22. The van der Waals surface area contributed by atoms with Gasteiger partial charge in [0.15, 0.2) is 0 Å². The van der Waals surface area contributed by atoms with Crippen LogP contribution in [0.4, 0.5) is 0 Å². The van der Waals surface area contributed by atoms with Crippen LogP contribution in [0.25, 0.3) is 0 Å². The molecule has 1 aromatic rings. The van der Waals surface area contributed by atoms with Crippen molar-refractivity contribution in [2.75, 3.05) is 48.5 Å². The summed E-state index contributed by atoms with van der Waals surface area (Å²) in [7, 11) is 8.48. The average Bonchev–Trinajstić information content (AvgIpc) is 3.93. The standard InChI is InChI=1S/C40H66N6O7S.C3H8.C2H6/c1-11-26(4)36(45(8)34(48)24-41-40(51)35(25(2)3)44(6)7)32(52-9)23-33(47)46-21-15-18-31(46)37(53-10)27(5)38(49)42-30(22-28-16-13-12-14-17-28)39(50)43-54-29-19-20-29;1-3-2;1-2/h12-14,16-17,25-27,29-32,35-37H,11,15,18-24H2,1-10H3,(H,41,51)(H,42,49)(H,43,50);3H2,1-2H3;1-2H3/t26-,27+,30-,31-,32+,35?,36?,37+;;/m0../s1. The van der Waals surface area contributed by atoms with Gasteiger partial charge in [-0.15, -0.1) is 0 Å². The molecule has 0 radical (unpaired) electrons. The molecule has 2 unspecified atom stereocenters. The molecule has 3 N–H and O–H groups in total. The highest BCUT2D eigenvalue weighted by Gasteiger charge is 2.42. The maximum Gasteiger partial charge on any atom is 0.252 e. The number of carbonyl (C=O) groups excluding carboxylic acids is 5. The molecule has 1 aliphatic heterocycles. The van der Waals surface area contributed by atoms with Gasteiger partial charge in [0, 0.05) is 39.5 Å². The van der Waals surface area contributed by atoms with E-state index in [2.05, 4.69) is 29.2 Å². The SMILES string of the molecule is CC.CCC.CC[C@H](C)C([C@@H](CC(=O)N1CCC[C@H]1[C@H](OC)[C@@H](C)C(=O)N[C@@H](Cc1ccccc1)C(=O)NSC1CC1)OC)N(C)C(=O)CNC(=O)C(C(C)C)N(C)C. The molecule has 1 saturated carbocycles. The molecule has 338 valence electrons. The lowest BCUT2D eigenvalue weighted by molar-refractivity contribution is -0.146. The zero-order valence-corrected chi connectivity index (χ0v) is 39.7. The Balaban J connectivity index is 0.00000332. The van der Waals surface area contributed by atoms with Crippen molar-refractivity contribution in [3.8, 4) is 0 Å². The van der Waals surface area contributed by atoms with Gasteiger partial charge in [-0.1, -0.05) is 105 Å². The Bertz CT molecular complexity index is 1390. The normalized spacial score (nSPS) is 18.4. The van der Waals surface area contributed by atoms with Gasteiger partial charge in [-0.3, -0.25) is 33.6 Å². The summed E-state index contributed by atoms with van der Waals surface area (Å²) < 4.78 is 14.9. The number of hydrogen-bond acceptors (Lipinski definition) is 9. The Hall–Kier alpha value is -3.20. The number of ether oxygens (including phenoxy) is 2. The Morgan fingerprint density at radius 2 is 1.49 bits per heavy atom. The molecule has 1 aliphatic carbocycles. The molecule has 59 heavy (non-hydrogen) atoms. The van der Waals surface area contributed by atoms with E-state index in [9.17, 15) is 24.0 Å². The number of amides is 5. The van der Waals surface area contributed by atoms with Gasteiger partial charge < -0.3 is 29.9 Å². The number of carbonyl (C=O) groups is 5. The van der Waals surface area contributed by atoms with Crippen LogP contribution in [-0.2, 0) is 39.9 Å². The molecule has 5 amide bonds. The fourth-order valence-electron chi connectivity index (χ4n) is 7.61. The summed E-state index contributed by atoms with van der Waals surface area (Å²) in [6, 6.07) is 7.65. The first-order chi connectivity index (χ1) is 28.1. The van der Waals surface area contributed by atoms with Crippen LogP contribution in [0.3, 0.4) is 0 Å². The van der Waals surface area contributed by atoms with Gasteiger partial charge in [0.1, 0.15) is 6.04 Å². The van der Waals surface area contributed by atoms with Gasteiger partial charge in [0.05, 0.1) is 49.2 Å². The first kappa shape index (κ1) is 53.8. The van der Waals surface area contributed by atoms with Crippen LogP contribution in [0.2, 0.25) is 0 Å². The van der Waals surface area contributed by atoms with E-state index in [0.717, 1.165) is 31.2 Å². The number of likely N-dealkylation sites (N-methyl/N-ethyl adjacent to an activating group) is 2. The van der Waals surface area contributed by atoms with Gasteiger partial charge >= 0.3 is 0 Å². The summed E-state index contributed by atoms with van der Waals surface area (Å²) in [6.07, 6.45) is 4.67. The van der Waals surface area contributed by atoms with Crippen molar-refractivity contribution in [1.82, 2.24) is 30.1 Å². The number of hydrogen-bond donors (Lipinski definition) is 3. The molecule has 1 heterocycles. The lowest BCUT2D eigenvalue weighted by Crippen LogP contribution is -2.55. The van der Waals surface area contributed by atoms with E-state index in [0.29, 0.717) is 24.6 Å². The molecule has 3 rings (SSSR count). The molecule has 2 aliphatic rings. The maximum atomic E-state index is 14.1. The van der Waals surface area contributed by atoms with E-state index in [-0.39, 0.29) is 66.4 Å². The van der Waals surface area contributed by atoms with Crippen molar-refractivity contribution >= 4 is 41.5 Å². The van der Waals surface area contributed by atoms with Crippen LogP contribution in [0, 0.1) is 17.8 Å². The van der Waals surface area contributed by atoms with Crippen LogP contribution in [-0.4, -0.2) is 134 Å². The summed E-state index contributed by atoms with van der Waals surface area (Å²) in [4.78, 5) is 72.9. The van der Waals surface area contributed by atoms with E-state index in [4.69, 9.17) is 9.47 Å². The minimum Gasteiger partial charge on any atom is -0.379 e. The molecule has 0 spiro atoms. The highest BCUT2D eigenvalue weighted by molar-refractivity contribution is 7.98. The summed E-state index contributed by atoms with van der Waals surface area (Å²) in [5.41, 5.74) is 0.933. The molecular weight excluding hydrogens is 769 g/mol. The van der Waals surface area contributed by atoms with Crippen LogP contribution in [0.15, 0.2) is 30.3 Å². The monoisotopic (exact) mass is 849 g/mol. The van der Waals surface area contributed by atoms with Crippen LogP contribution in [0.5, 0.6) is 0 Å². The lowest BCUT2D eigenvalue weighted by Gasteiger charge is -2.39. The molecule has 1 saturated heterocycles. The third-order valence-corrected chi connectivity index (χ3v) is 12.1. The minimum absolute atomic E-state index is 0.00823. The van der Waals surface area contributed by atoms with E-state index < -0.39 is 30.2 Å². The van der Waals surface area contributed by atoms with Crippen LogP contribution in [0.1, 0.15) is 113 Å². The van der Waals surface area contributed by atoms with Crippen molar-refractivity contribution in [3.05, 3.63) is 35.9 Å². The quantitative estimate of drug-likeness (QED) is 0.125. The molecule has 14 heteroatoms. The number of nitrogens with one attached hydrogen (secondary N) is 3. The minimum atomic E-state index is -0.773. The third kappa shape index (κ3) is 17.4. The van der Waals surface area contributed by atoms with Gasteiger partial charge in [0.2, 0.25) is 23.6 Å². The summed E-state index contributed by atoms with van der Waals surface area (Å²) >= 11 is 1.41. The lowest BCUT2D eigenvalue weighted by atomic mass is 9.90. The largest absolute Gasteiger partial charge is 0.379 e. The fourth-order valence-corrected chi connectivity index (χ4v) is 8.41. The van der Waals surface area contributed by atoms with Crippen molar-refractivity contribution in [3.63, 3.8) is 0 Å². The van der Waals surface area contributed by atoms with E-state index in [1.54, 1.807) is 38.0 Å². The predicted octanol–water partition coefficient (Wildman–Crippen LogP) is 5.71. The predicted molar refractivity (Wildman–Crippen MR) is 240 cm³/mol. The first-order valence-corrected chi connectivity index (χ1v) is 22.8. The van der Waals surface area contributed by atoms with Gasteiger partial charge in [-0.25, -0.2) is 0 Å². The molecule has 0 aromatic heterocycles. The highest BCUT2D eigenvalue weighted by Crippen LogP contribution is 2.32. The number of rotatable bonds is 22. The Kier molecular flexibility index (Phi) is 25.9. The van der Waals surface area contributed by atoms with Crippen LogP contribution < -0.4 is 15.4 Å². The second kappa shape index (κ2) is 28.3. The zero-order valence-electron chi connectivity index (χ0n) is 38.8. The topological polar surface area (TPSA) is 150 Å². The van der Waals surface area contributed by atoms with Gasteiger partial charge in [-0.2, -0.15) is 0 Å². The average molecular weight is 849 g/mol. The number of methoxy groups -OCH3 is 2. The van der Waals surface area contributed by atoms with Gasteiger partial charge in [0.25, 0.3) is 5.91 Å². The molecule has 2 fully saturated rings. The molecule has 1 aromatic carbocycles. The Labute approximate surface area is 361 Å². The highest BCUT2D eigenvalue weighted by atomic mass is 32.2. The number of benzene rings is 1. The van der Waals surface area contributed by atoms with Crippen molar-refractivity contribution in [1.29, 1.82) is 0 Å². The second-order valence-electron chi connectivity index (χ2n) is 16.3. The first-order valence-electron chi connectivity index (χ1n) is 21.9. The van der Waals surface area contributed by atoms with Crippen molar-refractivity contribution in [2.24, 2.45) is 17.8 Å². The van der Waals surface area contributed by atoms with Crippen molar-refractivity contribution < 1.29 is 33.4 Å².